The molecule has 0 aliphatic rings. The number of hydrogen-bond donors (Lipinski definition) is 0. The van der Waals surface area contributed by atoms with Crippen LogP contribution in [0.3, 0.4) is 0 Å². The Labute approximate surface area is 125 Å². The summed E-state index contributed by atoms with van der Waals surface area (Å²) in [4.78, 5) is 4.68. The van der Waals surface area contributed by atoms with E-state index in [2.05, 4.69) is 75.0 Å². The average Bonchev–Trinajstić information content (AvgIpc) is 2.38. The maximum atomic E-state index is 4.43. The Kier molecular flexibility index (Phi) is 4.57. The Morgan fingerprint density at radius 1 is 1.17 bits per heavy atom. The number of aryl methyl sites for hydroxylation is 1. The zero-order valence-corrected chi connectivity index (χ0v) is 13.6. The maximum Gasteiger partial charge on any atom is 0.0487 e. The van der Waals surface area contributed by atoms with Crippen molar-refractivity contribution in [2.24, 2.45) is 0 Å². The van der Waals surface area contributed by atoms with E-state index in [1.165, 1.54) is 11.1 Å². The highest BCUT2D eigenvalue weighted by Gasteiger charge is 2.20. The zero-order valence-electron chi connectivity index (χ0n) is 10.4. The molecule has 2 atom stereocenters. The average molecular weight is 369 g/mol. The number of pyridine rings is 1. The van der Waals surface area contributed by atoms with Crippen molar-refractivity contribution < 1.29 is 0 Å². The van der Waals surface area contributed by atoms with Gasteiger partial charge in [0.1, 0.15) is 0 Å². The molecule has 18 heavy (non-hydrogen) atoms. The summed E-state index contributed by atoms with van der Waals surface area (Å²) < 4.78 is 1.15. The van der Waals surface area contributed by atoms with E-state index in [1.54, 1.807) is 0 Å². The van der Waals surface area contributed by atoms with E-state index in [-0.39, 0.29) is 4.83 Å². The molecular weight excluding hydrogens is 354 g/mol. The Morgan fingerprint density at radius 2 is 1.94 bits per heavy atom. The third-order valence-electron chi connectivity index (χ3n) is 3.05. The molecule has 0 aliphatic heterocycles. The third kappa shape index (κ3) is 3.01. The Morgan fingerprint density at radius 3 is 2.56 bits per heavy atom. The summed E-state index contributed by atoms with van der Waals surface area (Å²) in [5.41, 5.74) is 3.63. The van der Waals surface area contributed by atoms with E-state index >= 15 is 0 Å². The molecule has 1 nitrogen and oxygen atoms in total. The standard InChI is InChI=1S/C15H15Br2N/c1-10-6-7-12(13(16)9-10)15(17)11(2)14-5-3-4-8-18-14/h3-9,11,15H,1-2H3. The summed E-state index contributed by atoms with van der Waals surface area (Å²) in [5, 5.41) is 0. The Balaban J connectivity index is 2.28. The van der Waals surface area contributed by atoms with Gasteiger partial charge in [-0.2, -0.15) is 0 Å². The fraction of sp³-hybridized carbons (Fsp3) is 0.267. The van der Waals surface area contributed by atoms with Crippen LogP contribution in [0.2, 0.25) is 0 Å². The van der Waals surface area contributed by atoms with Gasteiger partial charge >= 0.3 is 0 Å². The summed E-state index contributed by atoms with van der Waals surface area (Å²) in [6.45, 7) is 4.29. The highest BCUT2D eigenvalue weighted by molar-refractivity contribution is 9.11. The van der Waals surface area contributed by atoms with Crippen LogP contribution in [0, 0.1) is 6.92 Å². The van der Waals surface area contributed by atoms with E-state index in [9.17, 15) is 0 Å². The monoisotopic (exact) mass is 367 g/mol. The summed E-state index contributed by atoms with van der Waals surface area (Å²) >= 11 is 7.43. The minimum absolute atomic E-state index is 0.252. The summed E-state index contributed by atoms with van der Waals surface area (Å²) in [6, 6.07) is 12.5. The van der Waals surface area contributed by atoms with Gasteiger partial charge in [-0.1, -0.05) is 57.0 Å². The predicted molar refractivity (Wildman–Crippen MR) is 83.2 cm³/mol. The molecule has 94 valence electrons. The first-order valence-electron chi connectivity index (χ1n) is 5.90. The lowest BCUT2D eigenvalue weighted by Gasteiger charge is -2.19. The van der Waals surface area contributed by atoms with E-state index in [4.69, 9.17) is 0 Å². The van der Waals surface area contributed by atoms with Crippen LogP contribution in [0.5, 0.6) is 0 Å². The number of hydrogen-bond acceptors (Lipinski definition) is 1. The number of rotatable bonds is 3. The van der Waals surface area contributed by atoms with Crippen LogP contribution in [0.15, 0.2) is 47.1 Å². The number of alkyl halides is 1. The molecule has 0 fully saturated rings. The van der Waals surface area contributed by atoms with E-state index in [1.807, 2.05) is 18.3 Å². The number of benzene rings is 1. The van der Waals surface area contributed by atoms with Gasteiger partial charge in [-0.25, -0.2) is 0 Å². The van der Waals surface area contributed by atoms with Crippen molar-refractivity contribution in [3.05, 3.63) is 63.9 Å². The summed E-state index contributed by atoms with van der Waals surface area (Å²) in [6.07, 6.45) is 1.84. The van der Waals surface area contributed by atoms with Crippen LogP contribution in [-0.4, -0.2) is 4.98 Å². The molecule has 0 bridgehead atoms. The molecule has 0 spiro atoms. The van der Waals surface area contributed by atoms with Gasteiger partial charge in [0.25, 0.3) is 0 Å². The minimum atomic E-state index is 0.252. The molecule has 0 saturated heterocycles. The Hall–Kier alpha value is -0.670. The number of halogens is 2. The second kappa shape index (κ2) is 5.98. The lowest BCUT2D eigenvalue weighted by Crippen LogP contribution is -2.04. The number of nitrogens with zero attached hydrogens (tertiary/aromatic N) is 1. The van der Waals surface area contributed by atoms with Gasteiger partial charge in [-0.3, -0.25) is 4.98 Å². The van der Waals surface area contributed by atoms with Gasteiger partial charge < -0.3 is 0 Å². The highest BCUT2D eigenvalue weighted by atomic mass is 79.9. The lowest BCUT2D eigenvalue weighted by atomic mass is 9.97. The fourth-order valence-electron chi connectivity index (χ4n) is 1.92. The molecule has 1 heterocycles. The van der Waals surface area contributed by atoms with Crippen LogP contribution in [0.25, 0.3) is 0 Å². The van der Waals surface area contributed by atoms with Crippen molar-refractivity contribution in [1.29, 1.82) is 0 Å². The normalized spacial score (nSPS) is 14.2. The molecule has 0 N–H and O–H groups in total. The van der Waals surface area contributed by atoms with E-state index in [0.29, 0.717) is 5.92 Å². The van der Waals surface area contributed by atoms with Crippen LogP contribution in [-0.2, 0) is 0 Å². The molecule has 1 aromatic heterocycles. The Bertz CT molecular complexity index is 525. The molecular formula is C15H15Br2N. The van der Waals surface area contributed by atoms with Crippen molar-refractivity contribution in [2.45, 2.75) is 24.6 Å². The third-order valence-corrected chi connectivity index (χ3v) is 5.02. The van der Waals surface area contributed by atoms with Crippen molar-refractivity contribution in [3.8, 4) is 0 Å². The van der Waals surface area contributed by atoms with Crippen molar-refractivity contribution in [2.75, 3.05) is 0 Å². The topological polar surface area (TPSA) is 12.9 Å². The zero-order chi connectivity index (χ0) is 13.1. The molecule has 0 radical (unpaired) electrons. The molecule has 2 unspecified atom stereocenters. The van der Waals surface area contributed by atoms with Crippen molar-refractivity contribution in [3.63, 3.8) is 0 Å². The largest absolute Gasteiger partial charge is 0.261 e. The van der Waals surface area contributed by atoms with Gasteiger partial charge in [0.2, 0.25) is 0 Å². The molecule has 0 aliphatic carbocycles. The fourth-order valence-corrected chi connectivity index (χ4v) is 3.64. The summed E-state index contributed by atoms with van der Waals surface area (Å²) in [7, 11) is 0. The van der Waals surface area contributed by atoms with E-state index in [0.717, 1.165) is 10.2 Å². The molecule has 2 rings (SSSR count). The molecule has 0 amide bonds. The van der Waals surface area contributed by atoms with Gasteiger partial charge in [-0.05, 0) is 36.2 Å². The van der Waals surface area contributed by atoms with Crippen LogP contribution < -0.4 is 0 Å². The van der Waals surface area contributed by atoms with Gasteiger partial charge in [0.05, 0.1) is 0 Å². The molecule has 1 aromatic carbocycles. The first-order valence-corrected chi connectivity index (χ1v) is 7.61. The first-order chi connectivity index (χ1) is 8.59. The lowest BCUT2D eigenvalue weighted by molar-refractivity contribution is 0.722. The molecule has 0 saturated carbocycles. The SMILES string of the molecule is Cc1ccc(C(Br)C(C)c2ccccn2)c(Br)c1. The van der Waals surface area contributed by atoms with Crippen molar-refractivity contribution >= 4 is 31.9 Å². The van der Waals surface area contributed by atoms with Crippen molar-refractivity contribution in [1.82, 2.24) is 4.98 Å². The maximum absolute atomic E-state index is 4.43. The minimum Gasteiger partial charge on any atom is -0.261 e. The molecule has 3 heteroatoms. The highest BCUT2D eigenvalue weighted by Crippen LogP contribution is 2.40. The first kappa shape index (κ1) is 13.8. The van der Waals surface area contributed by atoms with Crippen LogP contribution in [0.4, 0.5) is 0 Å². The quantitative estimate of drug-likeness (QED) is 0.661. The van der Waals surface area contributed by atoms with Crippen LogP contribution in [0.1, 0.15) is 34.5 Å². The molecule has 2 aromatic rings. The van der Waals surface area contributed by atoms with Crippen LogP contribution >= 0.6 is 31.9 Å². The van der Waals surface area contributed by atoms with E-state index < -0.39 is 0 Å². The number of aromatic nitrogens is 1. The smallest absolute Gasteiger partial charge is 0.0487 e. The second-order valence-corrected chi connectivity index (χ2v) is 6.31. The summed E-state index contributed by atoms with van der Waals surface area (Å²) in [5.74, 6) is 0.324. The second-order valence-electron chi connectivity index (χ2n) is 4.47. The predicted octanol–water partition coefficient (Wildman–Crippen LogP) is 5.39. The van der Waals surface area contributed by atoms with Gasteiger partial charge in [0.15, 0.2) is 0 Å². The van der Waals surface area contributed by atoms with Gasteiger partial charge in [0, 0.05) is 27.1 Å². The van der Waals surface area contributed by atoms with Gasteiger partial charge in [-0.15, -0.1) is 0 Å².